The number of carbonyl (C=O) groups is 1. The minimum atomic E-state index is -0.248. The van der Waals surface area contributed by atoms with Gasteiger partial charge in [-0.2, -0.15) is 0 Å². The van der Waals surface area contributed by atoms with Crippen molar-refractivity contribution in [1.82, 2.24) is 0 Å². The number of ether oxygens (including phenoxy) is 1. The molecule has 22 heavy (non-hydrogen) atoms. The highest BCUT2D eigenvalue weighted by atomic mass is 16.5. The smallest absolute Gasteiger partial charge is 0.305 e. The Hall–Kier alpha value is -1.01. The van der Waals surface area contributed by atoms with Crippen LogP contribution >= 0.6 is 0 Å². The van der Waals surface area contributed by atoms with Crippen molar-refractivity contribution in [2.45, 2.75) is 96.5 Å². The fourth-order valence-electron chi connectivity index (χ4n) is 2.30. The van der Waals surface area contributed by atoms with E-state index < -0.39 is 0 Å². The molecule has 0 rings (SSSR count). The highest BCUT2D eigenvalue weighted by molar-refractivity contribution is 5.68. The number of carbonyl (C=O) groups excluding carboxylic acids is 1. The number of aliphatic hydroxyl groups excluding tert-OH is 1. The maximum Gasteiger partial charge on any atom is 0.305 e. The van der Waals surface area contributed by atoms with Crippen molar-refractivity contribution in [1.29, 1.82) is 0 Å². The van der Waals surface area contributed by atoms with Crippen LogP contribution in [0.4, 0.5) is 0 Å². The van der Waals surface area contributed by atoms with Gasteiger partial charge in [-0.15, -0.1) is 11.8 Å². The molecule has 0 aliphatic rings. The molecule has 1 atom stereocenters. The Morgan fingerprint density at radius 1 is 1.00 bits per heavy atom. The number of esters is 1. The van der Waals surface area contributed by atoms with E-state index >= 15 is 0 Å². The summed E-state index contributed by atoms with van der Waals surface area (Å²) in [6.45, 7) is 2.20. The van der Waals surface area contributed by atoms with E-state index in [1.165, 1.54) is 26.4 Å². The van der Waals surface area contributed by atoms with Crippen molar-refractivity contribution in [3.8, 4) is 11.8 Å². The Labute approximate surface area is 136 Å². The van der Waals surface area contributed by atoms with Crippen molar-refractivity contribution in [2.75, 3.05) is 7.11 Å². The van der Waals surface area contributed by atoms with Gasteiger partial charge in [0.2, 0.25) is 0 Å². The standard InChI is InChI=1S/C19H34O3/c1-3-4-5-12-15-18(20)16-13-10-8-6-7-9-11-14-17-19(21)22-2/h18,20H,3-9,11-12,14-17H2,1-2H3. The van der Waals surface area contributed by atoms with Gasteiger partial charge >= 0.3 is 5.97 Å². The van der Waals surface area contributed by atoms with Gasteiger partial charge in [-0.1, -0.05) is 51.9 Å². The maximum absolute atomic E-state index is 10.9. The van der Waals surface area contributed by atoms with Gasteiger partial charge in [-0.3, -0.25) is 4.79 Å². The molecule has 0 saturated carbocycles. The van der Waals surface area contributed by atoms with Crippen LogP contribution in [0.3, 0.4) is 0 Å². The molecule has 128 valence electrons. The SMILES string of the molecule is CCCCCCC(O)CC#CCCCCCCCC(=O)OC. The molecule has 0 aromatic rings. The van der Waals surface area contributed by atoms with E-state index in [0.717, 1.165) is 51.4 Å². The number of unbranched alkanes of at least 4 members (excludes halogenated alkanes) is 8. The van der Waals surface area contributed by atoms with E-state index in [2.05, 4.69) is 23.5 Å². The third-order valence-electron chi connectivity index (χ3n) is 3.76. The minimum absolute atomic E-state index is 0.112. The van der Waals surface area contributed by atoms with Gasteiger partial charge in [0.25, 0.3) is 0 Å². The lowest BCUT2D eigenvalue weighted by atomic mass is 10.1. The molecular weight excluding hydrogens is 276 g/mol. The van der Waals surface area contributed by atoms with Gasteiger partial charge in [0, 0.05) is 19.3 Å². The van der Waals surface area contributed by atoms with E-state index in [-0.39, 0.29) is 12.1 Å². The normalized spacial score (nSPS) is 11.6. The maximum atomic E-state index is 10.9. The van der Waals surface area contributed by atoms with Crippen molar-refractivity contribution in [2.24, 2.45) is 0 Å². The van der Waals surface area contributed by atoms with E-state index in [1.807, 2.05) is 0 Å². The second-order valence-electron chi connectivity index (χ2n) is 5.90. The molecule has 3 heteroatoms. The first-order valence-corrected chi connectivity index (χ1v) is 8.91. The van der Waals surface area contributed by atoms with Gasteiger partial charge < -0.3 is 9.84 Å². The molecule has 0 aliphatic heterocycles. The number of hydrogen-bond donors (Lipinski definition) is 1. The van der Waals surface area contributed by atoms with E-state index in [1.54, 1.807) is 0 Å². The summed E-state index contributed by atoms with van der Waals surface area (Å²) < 4.78 is 4.60. The molecule has 3 nitrogen and oxygen atoms in total. The summed E-state index contributed by atoms with van der Waals surface area (Å²) in [5, 5.41) is 9.77. The van der Waals surface area contributed by atoms with Crippen LogP contribution in [0.5, 0.6) is 0 Å². The number of methoxy groups -OCH3 is 1. The molecule has 0 fully saturated rings. The second-order valence-corrected chi connectivity index (χ2v) is 5.90. The first kappa shape index (κ1) is 21.0. The van der Waals surface area contributed by atoms with Crippen molar-refractivity contribution < 1.29 is 14.6 Å². The summed E-state index contributed by atoms with van der Waals surface area (Å²) in [7, 11) is 1.43. The average molecular weight is 310 g/mol. The molecule has 0 amide bonds. The van der Waals surface area contributed by atoms with Crippen LogP contribution in [0.15, 0.2) is 0 Å². The Morgan fingerprint density at radius 2 is 1.68 bits per heavy atom. The quantitative estimate of drug-likeness (QED) is 0.307. The Kier molecular flexibility index (Phi) is 15.6. The fourth-order valence-corrected chi connectivity index (χ4v) is 2.30. The molecule has 1 unspecified atom stereocenters. The molecular formula is C19H34O3. The summed E-state index contributed by atoms with van der Waals surface area (Å²) in [4.78, 5) is 10.9. The zero-order valence-corrected chi connectivity index (χ0v) is 14.5. The van der Waals surface area contributed by atoms with Crippen LogP contribution in [-0.2, 0) is 9.53 Å². The van der Waals surface area contributed by atoms with Crippen LogP contribution in [-0.4, -0.2) is 24.3 Å². The lowest BCUT2D eigenvalue weighted by Crippen LogP contribution is -2.04. The van der Waals surface area contributed by atoms with Crippen LogP contribution in [0.2, 0.25) is 0 Å². The monoisotopic (exact) mass is 310 g/mol. The lowest BCUT2D eigenvalue weighted by Gasteiger charge is -2.05. The minimum Gasteiger partial charge on any atom is -0.469 e. The molecule has 0 aromatic carbocycles. The molecule has 0 bridgehead atoms. The first-order valence-electron chi connectivity index (χ1n) is 8.91. The molecule has 0 saturated heterocycles. The zero-order chi connectivity index (χ0) is 16.5. The van der Waals surface area contributed by atoms with Gasteiger partial charge in [0.05, 0.1) is 13.2 Å². The highest BCUT2D eigenvalue weighted by Gasteiger charge is 2.01. The molecule has 0 aliphatic carbocycles. The first-order chi connectivity index (χ1) is 10.7. The Balaban J connectivity index is 3.32. The van der Waals surface area contributed by atoms with Gasteiger partial charge in [-0.05, 0) is 19.3 Å². The predicted molar refractivity (Wildman–Crippen MR) is 91.5 cm³/mol. The third kappa shape index (κ3) is 15.4. The topological polar surface area (TPSA) is 46.5 Å². The molecule has 0 radical (unpaired) electrons. The number of rotatable bonds is 13. The van der Waals surface area contributed by atoms with Crippen LogP contribution in [0, 0.1) is 11.8 Å². The molecule has 0 aromatic heterocycles. The molecule has 0 heterocycles. The van der Waals surface area contributed by atoms with Crippen LogP contribution in [0.1, 0.15) is 90.4 Å². The summed E-state index contributed by atoms with van der Waals surface area (Å²) in [6.07, 6.45) is 13.0. The summed E-state index contributed by atoms with van der Waals surface area (Å²) >= 11 is 0. The van der Waals surface area contributed by atoms with Gasteiger partial charge in [0.15, 0.2) is 0 Å². The van der Waals surface area contributed by atoms with Gasteiger partial charge in [0.1, 0.15) is 0 Å². The van der Waals surface area contributed by atoms with Gasteiger partial charge in [-0.25, -0.2) is 0 Å². The molecule has 0 spiro atoms. The average Bonchev–Trinajstić information content (AvgIpc) is 2.53. The summed E-state index contributed by atoms with van der Waals surface area (Å²) in [6, 6.07) is 0. The zero-order valence-electron chi connectivity index (χ0n) is 14.5. The number of hydrogen-bond acceptors (Lipinski definition) is 3. The Bertz CT molecular complexity index is 314. The second kappa shape index (κ2) is 16.4. The summed E-state index contributed by atoms with van der Waals surface area (Å²) in [5.41, 5.74) is 0. The van der Waals surface area contributed by atoms with Crippen LogP contribution in [0.25, 0.3) is 0 Å². The number of aliphatic hydroxyl groups is 1. The van der Waals surface area contributed by atoms with E-state index in [0.29, 0.717) is 12.8 Å². The lowest BCUT2D eigenvalue weighted by molar-refractivity contribution is -0.140. The largest absolute Gasteiger partial charge is 0.469 e. The highest BCUT2D eigenvalue weighted by Crippen LogP contribution is 2.08. The van der Waals surface area contributed by atoms with Crippen molar-refractivity contribution in [3.05, 3.63) is 0 Å². The third-order valence-corrected chi connectivity index (χ3v) is 3.76. The fraction of sp³-hybridized carbons (Fsp3) is 0.842. The van der Waals surface area contributed by atoms with E-state index in [9.17, 15) is 9.90 Å². The van der Waals surface area contributed by atoms with Crippen LogP contribution < -0.4 is 0 Å². The van der Waals surface area contributed by atoms with Crippen molar-refractivity contribution >= 4 is 5.97 Å². The van der Waals surface area contributed by atoms with Crippen molar-refractivity contribution in [3.63, 3.8) is 0 Å². The Morgan fingerprint density at radius 3 is 2.41 bits per heavy atom. The van der Waals surface area contributed by atoms with E-state index in [4.69, 9.17) is 0 Å². The predicted octanol–water partition coefficient (Wildman–Crippen LogP) is 4.61. The summed E-state index contributed by atoms with van der Waals surface area (Å²) in [5.74, 6) is 6.13. The molecule has 1 N–H and O–H groups in total.